The first-order valence-corrected chi connectivity index (χ1v) is 8.66. The molecular weight excluding hydrogens is 352 g/mol. The number of hydrogen-bond acceptors (Lipinski definition) is 6. The summed E-state index contributed by atoms with van der Waals surface area (Å²) in [5.41, 5.74) is 6.81. The zero-order valence-corrected chi connectivity index (χ0v) is 14.7. The number of carbonyl (C=O) groups is 2. The predicted octanol–water partition coefficient (Wildman–Crippen LogP) is 1.71. The minimum atomic E-state index is -0.594. The molecule has 0 radical (unpaired) electrons. The number of nitrogens with two attached hydrogens (primary N) is 1. The smallest absolute Gasteiger partial charge is 0.250 e. The molecule has 2 aromatic heterocycles. The summed E-state index contributed by atoms with van der Waals surface area (Å²) in [5.74, 6) is -0.0794. The van der Waals surface area contributed by atoms with E-state index in [2.05, 4.69) is 20.5 Å². The standard InChI is InChI=1S/C17H16N6O2S/c1-23-16(11-5-4-8-19-9-11)21-22-17(23)26-10-14(24)20-13-7-3-2-6-12(13)15(18)25/h2-9H,10H2,1H3,(H2,18,25)(H,20,24). The van der Waals surface area contributed by atoms with E-state index < -0.39 is 5.91 Å². The summed E-state index contributed by atoms with van der Waals surface area (Å²) in [4.78, 5) is 27.7. The Morgan fingerprint density at radius 2 is 2.00 bits per heavy atom. The molecule has 0 aliphatic rings. The molecule has 3 aromatic rings. The Hall–Kier alpha value is -3.20. The van der Waals surface area contributed by atoms with Crippen molar-refractivity contribution >= 4 is 29.3 Å². The van der Waals surface area contributed by atoms with Gasteiger partial charge in [-0.15, -0.1) is 10.2 Å². The van der Waals surface area contributed by atoms with Crippen LogP contribution in [0.25, 0.3) is 11.4 Å². The summed E-state index contributed by atoms with van der Waals surface area (Å²) in [6.45, 7) is 0. The van der Waals surface area contributed by atoms with Crippen LogP contribution < -0.4 is 11.1 Å². The van der Waals surface area contributed by atoms with E-state index in [0.717, 1.165) is 5.56 Å². The molecule has 2 amide bonds. The number of primary amides is 1. The van der Waals surface area contributed by atoms with Gasteiger partial charge in [0.15, 0.2) is 11.0 Å². The summed E-state index contributed by atoms with van der Waals surface area (Å²) in [6.07, 6.45) is 3.38. The van der Waals surface area contributed by atoms with Gasteiger partial charge in [0.2, 0.25) is 5.91 Å². The van der Waals surface area contributed by atoms with Gasteiger partial charge in [0.05, 0.1) is 17.0 Å². The van der Waals surface area contributed by atoms with Crippen molar-refractivity contribution in [3.63, 3.8) is 0 Å². The Kier molecular flexibility index (Phi) is 5.28. The molecule has 0 spiro atoms. The van der Waals surface area contributed by atoms with Gasteiger partial charge >= 0.3 is 0 Å². The zero-order chi connectivity index (χ0) is 18.5. The highest BCUT2D eigenvalue weighted by molar-refractivity contribution is 7.99. The van der Waals surface area contributed by atoms with Crippen LogP contribution in [0.3, 0.4) is 0 Å². The molecule has 9 heteroatoms. The zero-order valence-electron chi connectivity index (χ0n) is 13.9. The van der Waals surface area contributed by atoms with Crippen molar-refractivity contribution in [2.24, 2.45) is 12.8 Å². The Balaban J connectivity index is 1.66. The Morgan fingerprint density at radius 1 is 1.19 bits per heavy atom. The Bertz CT molecular complexity index is 941. The number of amides is 2. The van der Waals surface area contributed by atoms with Crippen molar-refractivity contribution in [2.45, 2.75) is 5.16 Å². The van der Waals surface area contributed by atoms with Crippen molar-refractivity contribution in [1.29, 1.82) is 0 Å². The number of anilines is 1. The number of rotatable bonds is 6. The first kappa shape index (κ1) is 17.6. The molecule has 0 bridgehead atoms. The van der Waals surface area contributed by atoms with E-state index in [1.165, 1.54) is 11.8 Å². The third-order valence-electron chi connectivity index (χ3n) is 3.55. The first-order valence-electron chi connectivity index (χ1n) is 7.67. The van der Waals surface area contributed by atoms with Gasteiger partial charge in [-0.25, -0.2) is 0 Å². The molecule has 26 heavy (non-hydrogen) atoms. The number of carbonyl (C=O) groups excluding carboxylic acids is 2. The van der Waals surface area contributed by atoms with Crippen molar-refractivity contribution in [1.82, 2.24) is 19.7 Å². The number of nitrogens with zero attached hydrogens (tertiary/aromatic N) is 4. The second-order valence-corrected chi connectivity index (χ2v) is 6.30. The molecule has 2 heterocycles. The van der Waals surface area contributed by atoms with E-state index in [1.54, 1.807) is 41.2 Å². The van der Waals surface area contributed by atoms with Crippen LogP contribution in [0.15, 0.2) is 53.9 Å². The van der Waals surface area contributed by atoms with Crippen molar-refractivity contribution in [3.05, 3.63) is 54.4 Å². The van der Waals surface area contributed by atoms with E-state index in [0.29, 0.717) is 16.7 Å². The van der Waals surface area contributed by atoms with Crippen LogP contribution in [0.1, 0.15) is 10.4 Å². The van der Waals surface area contributed by atoms with Gasteiger partial charge < -0.3 is 15.6 Å². The average molecular weight is 368 g/mol. The minimum Gasteiger partial charge on any atom is -0.366 e. The van der Waals surface area contributed by atoms with Gasteiger partial charge in [-0.05, 0) is 24.3 Å². The van der Waals surface area contributed by atoms with E-state index in [1.807, 2.05) is 19.2 Å². The lowest BCUT2D eigenvalue weighted by molar-refractivity contribution is -0.113. The van der Waals surface area contributed by atoms with Crippen LogP contribution in [0.4, 0.5) is 5.69 Å². The van der Waals surface area contributed by atoms with Crippen LogP contribution in [0.5, 0.6) is 0 Å². The lowest BCUT2D eigenvalue weighted by Gasteiger charge is -2.08. The minimum absolute atomic E-state index is 0.117. The number of para-hydroxylation sites is 1. The molecule has 0 aliphatic heterocycles. The monoisotopic (exact) mass is 368 g/mol. The number of hydrogen-bond donors (Lipinski definition) is 2. The summed E-state index contributed by atoms with van der Waals surface area (Å²) >= 11 is 1.24. The molecule has 0 unspecified atom stereocenters. The molecular formula is C17H16N6O2S. The molecule has 0 aliphatic carbocycles. The molecule has 8 nitrogen and oxygen atoms in total. The number of nitrogens with one attached hydrogen (secondary N) is 1. The predicted molar refractivity (Wildman–Crippen MR) is 98.5 cm³/mol. The Labute approximate surface area is 153 Å². The number of thioether (sulfide) groups is 1. The summed E-state index contributed by atoms with van der Waals surface area (Å²) < 4.78 is 1.80. The van der Waals surface area contributed by atoms with Crippen LogP contribution in [-0.2, 0) is 11.8 Å². The Morgan fingerprint density at radius 3 is 2.73 bits per heavy atom. The SMILES string of the molecule is Cn1c(SCC(=O)Nc2ccccc2C(N)=O)nnc1-c1cccnc1. The second kappa shape index (κ2) is 7.79. The second-order valence-electron chi connectivity index (χ2n) is 5.35. The largest absolute Gasteiger partial charge is 0.366 e. The van der Waals surface area contributed by atoms with Gasteiger partial charge in [0.1, 0.15) is 0 Å². The highest BCUT2D eigenvalue weighted by atomic mass is 32.2. The van der Waals surface area contributed by atoms with E-state index in [-0.39, 0.29) is 17.2 Å². The van der Waals surface area contributed by atoms with Crippen molar-refractivity contribution in [2.75, 3.05) is 11.1 Å². The fourth-order valence-electron chi connectivity index (χ4n) is 2.31. The highest BCUT2D eigenvalue weighted by Gasteiger charge is 2.14. The van der Waals surface area contributed by atoms with Crippen molar-refractivity contribution < 1.29 is 9.59 Å². The van der Waals surface area contributed by atoms with Crippen LogP contribution >= 0.6 is 11.8 Å². The van der Waals surface area contributed by atoms with Gasteiger partial charge in [-0.3, -0.25) is 14.6 Å². The van der Waals surface area contributed by atoms with Crippen molar-refractivity contribution in [3.8, 4) is 11.4 Å². The lowest BCUT2D eigenvalue weighted by atomic mass is 10.1. The maximum atomic E-state index is 12.2. The third-order valence-corrected chi connectivity index (χ3v) is 4.57. The first-order chi connectivity index (χ1) is 12.6. The third kappa shape index (κ3) is 3.89. The maximum absolute atomic E-state index is 12.2. The highest BCUT2D eigenvalue weighted by Crippen LogP contribution is 2.22. The molecule has 0 saturated carbocycles. The van der Waals surface area contributed by atoms with Gasteiger partial charge in [0, 0.05) is 25.0 Å². The molecule has 132 valence electrons. The number of benzene rings is 1. The van der Waals surface area contributed by atoms with Gasteiger partial charge in [-0.2, -0.15) is 0 Å². The molecule has 0 saturated heterocycles. The number of aromatic nitrogens is 4. The molecule has 1 aromatic carbocycles. The maximum Gasteiger partial charge on any atom is 0.250 e. The van der Waals surface area contributed by atoms with Gasteiger partial charge in [0.25, 0.3) is 5.91 Å². The normalized spacial score (nSPS) is 10.5. The molecule has 3 N–H and O–H groups in total. The molecule has 0 fully saturated rings. The van der Waals surface area contributed by atoms with Gasteiger partial charge in [-0.1, -0.05) is 23.9 Å². The van der Waals surface area contributed by atoms with E-state index in [4.69, 9.17) is 5.73 Å². The number of pyridine rings is 1. The quantitative estimate of drug-likeness (QED) is 0.640. The fourth-order valence-corrected chi connectivity index (χ4v) is 3.02. The molecule has 3 rings (SSSR count). The lowest BCUT2D eigenvalue weighted by Crippen LogP contribution is -2.19. The van der Waals surface area contributed by atoms with Crippen LogP contribution in [0.2, 0.25) is 0 Å². The summed E-state index contributed by atoms with van der Waals surface area (Å²) in [7, 11) is 1.82. The van der Waals surface area contributed by atoms with E-state index >= 15 is 0 Å². The summed E-state index contributed by atoms with van der Waals surface area (Å²) in [6, 6.07) is 10.3. The topological polar surface area (TPSA) is 116 Å². The van der Waals surface area contributed by atoms with Crippen LogP contribution in [0, 0.1) is 0 Å². The fraction of sp³-hybridized carbons (Fsp3) is 0.118. The molecule has 0 atom stereocenters. The van der Waals surface area contributed by atoms with E-state index in [9.17, 15) is 9.59 Å². The summed E-state index contributed by atoms with van der Waals surface area (Å²) in [5, 5.41) is 11.5. The average Bonchev–Trinajstić information content (AvgIpc) is 3.01. The van der Waals surface area contributed by atoms with Crippen LogP contribution in [-0.4, -0.2) is 37.3 Å².